The number of piperidine rings is 1. The van der Waals surface area contributed by atoms with Crippen LogP contribution < -0.4 is 11.5 Å². The number of hydrogen-bond acceptors (Lipinski definition) is 3. The second-order valence-corrected chi connectivity index (χ2v) is 5.30. The summed E-state index contributed by atoms with van der Waals surface area (Å²) in [5.74, 6) is 0. The summed E-state index contributed by atoms with van der Waals surface area (Å²) < 4.78 is 0. The summed E-state index contributed by atoms with van der Waals surface area (Å²) in [4.78, 5) is 2.62. The third kappa shape index (κ3) is 2.35. The highest BCUT2D eigenvalue weighted by molar-refractivity contribution is 4.95. The number of rotatable bonds is 1. The minimum Gasteiger partial charge on any atom is -0.326 e. The molecular weight excluding hydrogens is 186 g/mol. The van der Waals surface area contributed by atoms with E-state index < -0.39 is 0 Å². The molecule has 3 atom stereocenters. The maximum atomic E-state index is 6.15. The van der Waals surface area contributed by atoms with Gasteiger partial charge in [0.2, 0.25) is 0 Å². The van der Waals surface area contributed by atoms with Gasteiger partial charge in [0.1, 0.15) is 0 Å². The van der Waals surface area contributed by atoms with Gasteiger partial charge in [-0.1, -0.05) is 19.3 Å². The molecule has 0 bridgehead atoms. The molecule has 0 aromatic carbocycles. The average molecular weight is 211 g/mol. The van der Waals surface area contributed by atoms with Gasteiger partial charge < -0.3 is 11.5 Å². The molecule has 2 aliphatic rings. The van der Waals surface area contributed by atoms with Gasteiger partial charge in [0, 0.05) is 30.7 Å². The molecular formula is C12H25N3. The van der Waals surface area contributed by atoms with E-state index in [1.54, 1.807) is 0 Å². The van der Waals surface area contributed by atoms with Crippen molar-refractivity contribution in [3.05, 3.63) is 0 Å². The lowest BCUT2D eigenvalue weighted by molar-refractivity contribution is 0.0606. The number of likely N-dealkylation sites (tertiary alicyclic amines) is 1. The lowest BCUT2D eigenvalue weighted by Gasteiger charge is -2.46. The summed E-state index contributed by atoms with van der Waals surface area (Å²) in [6, 6.07) is 1.63. The molecule has 1 aliphatic carbocycles. The Morgan fingerprint density at radius 1 is 1.00 bits per heavy atom. The summed E-state index contributed by atoms with van der Waals surface area (Å²) >= 11 is 0. The van der Waals surface area contributed by atoms with Crippen LogP contribution in [-0.2, 0) is 0 Å². The van der Waals surface area contributed by atoms with Crippen molar-refractivity contribution < 1.29 is 0 Å². The Labute approximate surface area is 93.2 Å². The Bertz CT molecular complexity index is 199. The molecule has 1 saturated heterocycles. The van der Waals surface area contributed by atoms with Gasteiger partial charge in [0.15, 0.2) is 0 Å². The minimum atomic E-state index is 0.167. The Balaban J connectivity index is 1.96. The van der Waals surface area contributed by atoms with E-state index in [1.165, 1.54) is 32.1 Å². The van der Waals surface area contributed by atoms with Crippen LogP contribution in [0.5, 0.6) is 0 Å². The molecule has 88 valence electrons. The summed E-state index contributed by atoms with van der Waals surface area (Å²) in [7, 11) is 0. The van der Waals surface area contributed by atoms with Crippen LogP contribution in [0.15, 0.2) is 0 Å². The van der Waals surface area contributed by atoms with E-state index >= 15 is 0 Å². The van der Waals surface area contributed by atoms with Gasteiger partial charge in [0.05, 0.1) is 0 Å². The van der Waals surface area contributed by atoms with Gasteiger partial charge in [0.25, 0.3) is 0 Å². The van der Waals surface area contributed by atoms with Crippen LogP contribution in [0.2, 0.25) is 0 Å². The van der Waals surface area contributed by atoms with Crippen molar-refractivity contribution >= 4 is 0 Å². The average Bonchev–Trinajstić information content (AvgIpc) is 2.27. The summed E-state index contributed by atoms with van der Waals surface area (Å²) in [6.45, 7) is 3.40. The zero-order valence-corrected chi connectivity index (χ0v) is 9.86. The third-order valence-electron chi connectivity index (χ3n) is 4.34. The Morgan fingerprint density at radius 2 is 1.67 bits per heavy atom. The van der Waals surface area contributed by atoms with E-state index in [2.05, 4.69) is 11.8 Å². The normalized spacial score (nSPS) is 40.6. The Kier molecular flexibility index (Phi) is 3.65. The first-order valence-corrected chi connectivity index (χ1v) is 6.47. The van der Waals surface area contributed by atoms with Crippen molar-refractivity contribution in [2.75, 3.05) is 6.54 Å². The van der Waals surface area contributed by atoms with Crippen LogP contribution in [0.3, 0.4) is 0 Å². The number of nitrogens with two attached hydrogens (primary N) is 2. The molecule has 2 rings (SSSR count). The molecule has 0 aromatic rings. The molecule has 1 heterocycles. The van der Waals surface area contributed by atoms with E-state index in [-0.39, 0.29) is 12.1 Å². The summed E-state index contributed by atoms with van der Waals surface area (Å²) in [5.41, 5.74) is 12.2. The molecule has 3 unspecified atom stereocenters. The quantitative estimate of drug-likeness (QED) is 0.682. The topological polar surface area (TPSA) is 55.3 Å². The lowest BCUT2D eigenvalue weighted by Crippen LogP contribution is -2.62. The van der Waals surface area contributed by atoms with Gasteiger partial charge in [-0.05, 0) is 26.2 Å². The summed E-state index contributed by atoms with van der Waals surface area (Å²) in [6.07, 6.45) is 8.02. The fourth-order valence-corrected chi connectivity index (χ4v) is 3.20. The second kappa shape index (κ2) is 4.81. The van der Waals surface area contributed by atoms with Gasteiger partial charge in [-0.25, -0.2) is 0 Å². The van der Waals surface area contributed by atoms with Gasteiger partial charge in [-0.3, -0.25) is 4.90 Å². The predicted octanol–water partition coefficient (Wildman–Crippen LogP) is 1.07. The Morgan fingerprint density at radius 3 is 2.33 bits per heavy atom. The second-order valence-electron chi connectivity index (χ2n) is 5.30. The standard InChI is InChI=1S/C12H25N3/c1-9-12(14)11(13)7-8-15(9)10-5-3-2-4-6-10/h9-12H,2-8,13-14H2,1H3. The number of nitrogens with zero attached hydrogens (tertiary/aromatic N) is 1. The highest BCUT2D eigenvalue weighted by atomic mass is 15.2. The van der Waals surface area contributed by atoms with Crippen LogP contribution in [-0.4, -0.2) is 35.6 Å². The molecule has 0 aromatic heterocycles. The summed E-state index contributed by atoms with van der Waals surface area (Å²) in [5, 5.41) is 0. The fraction of sp³-hybridized carbons (Fsp3) is 1.00. The molecule has 0 spiro atoms. The molecule has 15 heavy (non-hydrogen) atoms. The van der Waals surface area contributed by atoms with E-state index in [0.717, 1.165) is 19.0 Å². The van der Waals surface area contributed by atoms with Crippen LogP contribution in [0.1, 0.15) is 45.4 Å². The minimum absolute atomic E-state index is 0.167. The zero-order valence-electron chi connectivity index (χ0n) is 9.86. The van der Waals surface area contributed by atoms with Gasteiger partial charge in [-0.15, -0.1) is 0 Å². The SMILES string of the molecule is CC1C(N)C(N)CCN1C1CCCCC1. The monoisotopic (exact) mass is 211 g/mol. The van der Waals surface area contributed by atoms with Crippen LogP contribution in [0.25, 0.3) is 0 Å². The molecule has 1 aliphatic heterocycles. The van der Waals surface area contributed by atoms with E-state index in [9.17, 15) is 0 Å². The lowest BCUT2D eigenvalue weighted by atomic mass is 9.87. The van der Waals surface area contributed by atoms with Crippen molar-refractivity contribution in [2.24, 2.45) is 11.5 Å². The van der Waals surface area contributed by atoms with E-state index in [1.807, 2.05) is 0 Å². The molecule has 0 amide bonds. The van der Waals surface area contributed by atoms with Crippen molar-refractivity contribution in [2.45, 2.75) is 69.6 Å². The number of hydrogen-bond donors (Lipinski definition) is 2. The zero-order chi connectivity index (χ0) is 10.8. The van der Waals surface area contributed by atoms with Crippen molar-refractivity contribution in [1.82, 2.24) is 4.90 Å². The molecule has 2 fully saturated rings. The van der Waals surface area contributed by atoms with Crippen molar-refractivity contribution in [3.63, 3.8) is 0 Å². The maximum Gasteiger partial charge on any atom is 0.0348 e. The van der Waals surface area contributed by atoms with E-state index in [4.69, 9.17) is 11.5 Å². The van der Waals surface area contributed by atoms with Gasteiger partial charge in [-0.2, -0.15) is 0 Å². The fourth-order valence-electron chi connectivity index (χ4n) is 3.20. The molecule has 3 nitrogen and oxygen atoms in total. The predicted molar refractivity (Wildman–Crippen MR) is 63.6 cm³/mol. The smallest absolute Gasteiger partial charge is 0.0348 e. The molecule has 0 radical (unpaired) electrons. The molecule has 3 heteroatoms. The third-order valence-corrected chi connectivity index (χ3v) is 4.34. The largest absolute Gasteiger partial charge is 0.326 e. The van der Waals surface area contributed by atoms with Crippen LogP contribution in [0, 0.1) is 0 Å². The molecule has 4 N–H and O–H groups in total. The van der Waals surface area contributed by atoms with Crippen molar-refractivity contribution in [3.8, 4) is 0 Å². The van der Waals surface area contributed by atoms with Crippen LogP contribution in [0.4, 0.5) is 0 Å². The first-order chi connectivity index (χ1) is 7.20. The first kappa shape index (κ1) is 11.4. The van der Waals surface area contributed by atoms with E-state index in [0.29, 0.717) is 6.04 Å². The van der Waals surface area contributed by atoms with Crippen LogP contribution >= 0.6 is 0 Å². The Hall–Kier alpha value is -0.120. The maximum absolute atomic E-state index is 6.15. The first-order valence-electron chi connectivity index (χ1n) is 6.47. The van der Waals surface area contributed by atoms with Gasteiger partial charge >= 0.3 is 0 Å². The molecule has 1 saturated carbocycles. The highest BCUT2D eigenvalue weighted by Gasteiger charge is 2.34. The van der Waals surface area contributed by atoms with Crippen molar-refractivity contribution in [1.29, 1.82) is 0 Å². The highest BCUT2D eigenvalue weighted by Crippen LogP contribution is 2.27.